The van der Waals surface area contributed by atoms with Crippen molar-refractivity contribution in [2.75, 3.05) is 12.4 Å². The Morgan fingerprint density at radius 3 is 2.74 bits per heavy atom. The lowest BCUT2D eigenvalue weighted by Gasteiger charge is -2.17. The Bertz CT molecular complexity index is 765. The van der Waals surface area contributed by atoms with Crippen LogP contribution in [0.1, 0.15) is 11.1 Å². The van der Waals surface area contributed by atoms with Crippen molar-refractivity contribution in [2.45, 2.75) is 12.7 Å². The second-order valence-corrected chi connectivity index (χ2v) is 4.94. The highest BCUT2D eigenvalue weighted by Gasteiger charge is 2.31. The third-order valence-electron chi connectivity index (χ3n) is 3.00. The van der Waals surface area contributed by atoms with Gasteiger partial charge in [0.15, 0.2) is 0 Å². The van der Waals surface area contributed by atoms with Crippen molar-refractivity contribution in [1.29, 1.82) is 0 Å². The zero-order valence-corrected chi connectivity index (χ0v) is 12.3. The highest BCUT2D eigenvalue weighted by molar-refractivity contribution is 5.88. The molecule has 0 fully saturated rings. The lowest BCUT2D eigenvalue weighted by atomic mass is 10.2. The fourth-order valence-corrected chi connectivity index (χ4v) is 1.85. The molecule has 0 radical (unpaired) electrons. The molecule has 0 aliphatic rings. The predicted octanol–water partition coefficient (Wildman–Crippen LogP) is 1.79. The number of hydrogen-bond donors (Lipinski definition) is 2. The Labute approximate surface area is 128 Å². The van der Waals surface area contributed by atoms with E-state index in [-0.39, 0.29) is 6.54 Å². The quantitative estimate of drug-likeness (QED) is 0.900. The Hall–Kier alpha value is -2.78. The molecule has 0 bridgehead atoms. The van der Waals surface area contributed by atoms with Crippen LogP contribution in [0.15, 0.2) is 29.5 Å². The van der Waals surface area contributed by atoms with Crippen molar-refractivity contribution in [3.8, 4) is 0 Å². The summed E-state index contributed by atoms with van der Waals surface area (Å²) in [6.07, 6.45) is -0.815. The summed E-state index contributed by atoms with van der Waals surface area (Å²) < 4.78 is 39.4. The number of halogens is 3. The van der Waals surface area contributed by atoms with Crippen LogP contribution in [0.25, 0.3) is 0 Å². The molecular formula is C13H14F3N5O2. The molecule has 2 N–H and O–H groups in total. The van der Waals surface area contributed by atoms with Gasteiger partial charge in [0, 0.05) is 32.1 Å². The molecule has 2 rings (SSSR count). The third kappa shape index (κ3) is 4.11. The zero-order chi connectivity index (χ0) is 17.2. The largest absolute Gasteiger partial charge is 0.417 e. The number of carbonyl (C=O) groups is 1. The Morgan fingerprint density at radius 2 is 2.17 bits per heavy atom. The lowest BCUT2D eigenvalue weighted by molar-refractivity contribution is -0.137. The van der Waals surface area contributed by atoms with E-state index in [0.717, 1.165) is 5.56 Å². The first-order valence-electron chi connectivity index (χ1n) is 6.46. The van der Waals surface area contributed by atoms with Crippen LogP contribution in [0, 0.1) is 0 Å². The summed E-state index contributed by atoms with van der Waals surface area (Å²) in [5, 5.41) is 6.11. The summed E-state index contributed by atoms with van der Waals surface area (Å²) in [6, 6.07) is -0.118. The number of nitrogens with zero attached hydrogens (tertiary/aromatic N) is 3. The van der Waals surface area contributed by atoms with Gasteiger partial charge in [-0.25, -0.2) is 4.79 Å². The first-order valence-corrected chi connectivity index (χ1v) is 6.46. The normalized spacial score (nSPS) is 11.3. The molecule has 2 aromatic heterocycles. The SMILES string of the molecule is CN(Cc1cnn(C)c1)C(=O)Nc1cc(C(F)(F)F)c[nH]c1=O. The van der Waals surface area contributed by atoms with Crippen molar-refractivity contribution in [2.24, 2.45) is 7.05 Å². The first kappa shape index (κ1) is 16.6. The number of pyridine rings is 1. The maximum Gasteiger partial charge on any atom is 0.417 e. The molecule has 2 amide bonds. The molecular weight excluding hydrogens is 315 g/mol. The summed E-state index contributed by atoms with van der Waals surface area (Å²) in [5.41, 5.74) is -1.60. The molecule has 10 heteroatoms. The number of alkyl halides is 3. The molecule has 2 heterocycles. The van der Waals surface area contributed by atoms with Gasteiger partial charge in [0.2, 0.25) is 0 Å². The smallest absolute Gasteiger partial charge is 0.327 e. The van der Waals surface area contributed by atoms with Gasteiger partial charge >= 0.3 is 12.2 Å². The number of urea groups is 1. The maximum absolute atomic E-state index is 12.6. The van der Waals surface area contributed by atoms with Crippen molar-refractivity contribution >= 4 is 11.7 Å². The average Bonchev–Trinajstić information content (AvgIpc) is 2.85. The maximum atomic E-state index is 12.6. The number of nitrogens with one attached hydrogen (secondary N) is 2. The Morgan fingerprint density at radius 1 is 1.48 bits per heavy atom. The first-order chi connectivity index (χ1) is 10.7. The molecule has 0 aromatic carbocycles. The van der Waals surface area contributed by atoms with Crippen LogP contribution < -0.4 is 10.9 Å². The average molecular weight is 329 g/mol. The van der Waals surface area contributed by atoms with E-state index in [9.17, 15) is 22.8 Å². The standard InChI is InChI=1S/C13H14F3N5O2/c1-20(6-8-4-18-21(2)7-8)12(23)19-10-3-9(13(14,15)16)5-17-11(10)22/h3-5,7H,6H2,1-2H3,(H,17,22)(H,19,23). The number of carbonyl (C=O) groups excluding carboxylic acids is 1. The van der Waals surface area contributed by atoms with Gasteiger partial charge in [0.05, 0.1) is 18.3 Å². The molecule has 0 saturated heterocycles. The number of aromatic amines is 1. The number of anilines is 1. The fraction of sp³-hybridized carbons (Fsp3) is 0.308. The van der Waals surface area contributed by atoms with Crippen LogP contribution >= 0.6 is 0 Å². The third-order valence-corrected chi connectivity index (χ3v) is 3.00. The highest BCUT2D eigenvalue weighted by atomic mass is 19.4. The second kappa shape index (κ2) is 6.15. The summed E-state index contributed by atoms with van der Waals surface area (Å²) in [4.78, 5) is 26.7. The number of aryl methyl sites for hydroxylation is 1. The lowest BCUT2D eigenvalue weighted by Crippen LogP contribution is -2.33. The Balaban J connectivity index is 2.11. The van der Waals surface area contributed by atoms with E-state index in [4.69, 9.17) is 0 Å². The van der Waals surface area contributed by atoms with Crippen LogP contribution in [-0.2, 0) is 19.8 Å². The molecule has 2 aromatic rings. The van der Waals surface area contributed by atoms with Crippen LogP contribution in [0.3, 0.4) is 0 Å². The van der Waals surface area contributed by atoms with Crippen molar-refractivity contribution in [3.05, 3.63) is 46.1 Å². The number of rotatable bonds is 3. The fourth-order valence-electron chi connectivity index (χ4n) is 1.85. The summed E-state index contributed by atoms with van der Waals surface area (Å²) in [7, 11) is 3.16. The minimum absolute atomic E-state index is 0.191. The predicted molar refractivity (Wildman–Crippen MR) is 75.8 cm³/mol. The molecule has 0 saturated carbocycles. The number of hydrogen-bond acceptors (Lipinski definition) is 3. The zero-order valence-electron chi connectivity index (χ0n) is 12.3. The summed E-state index contributed by atoms with van der Waals surface area (Å²) >= 11 is 0. The van der Waals surface area contributed by atoms with Gasteiger partial charge in [-0.05, 0) is 6.07 Å². The monoisotopic (exact) mass is 329 g/mol. The second-order valence-electron chi connectivity index (χ2n) is 4.94. The van der Waals surface area contributed by atoms with Crippen LogP contribution in [-0.4, -0.2) is 32.7 Å². The topological polar surface area (TPSA) is 83.0 Å². The van der Waals surface area contributed by atoms with Gasteiger partial charge in [-0.3, -0.25) is 9.48 Å². The van der Waals surface area contributed by atoms with Crippen molar-refractivity contribution in [3.63, 3.8) is 0 Å². The number of aromatic nitrogens is 3. The molecule has 0 unspecified atom stereocenters. The van der Waals surface area contributed by atoms with Gasteiger partial charge in [-0.2, -0.15) is 18.3 Å². The van der Waals surface area contributed by atoms with E-state index < -0.39 is 29.0 Å². The number of amides is 2. The van der Waals surface area contributed by atoms with Crippen LogP contribution in [0.2, 0.25) is 0 Å². The molecule has 0 aliphatic carbocycles. The highest BCUT2D eigenvalue weighted by Crippen LogP contribution is 2.29. The van der Waals surface area contributed by atoms with Gasteiger partial charge in [-0.1, -0.05) is 0 Å². The van der Waals surface area contributed by atoms with Crippen molar-refractivity contribution < 1.29 is 18.0 Å². The van der Waals surface area contributed by atoms with E-state index in [1.165, 1.54) is 11.9 Å². The molecule has 0 spiro atoms. The van der Waals surface area contributed by atoms with E-state index in [1.807, 2.05) is 4.98 Å². The van der Waals surface area contributed by atoms with Gasteiger partial charge < -0.3 is 15.2 Å². The van der Waals surface area contributed by atoms with Crippen LogP contribution in [0.4, 0.5) is 23.7 Å². The minimum atomic E-state index is -4.62. The Kier molecular flexibility index (Phi) is 4.43. The number of H-pyrrole nitrogens is 1. The molecule has 7 nitrogen and oxygen atoms in total. The van der Waals surface area contributed by atoms with Gasteiger partial charge in [-0.15, -0.1) is 0 Å². The van der Waals surface area contributed by atoms with E-state index in [0.29, 0.717) is 12.3 Å². The summed E-state index contributed by atoms with van der Waals surface area (Å²) in [6.45, 7) is 0.191. The molecule has 0 aliphatic heterocycles. The minimum Gasteiger partial charge on any atom is -0.327 e. The van der Waals surface area contributed by atoms with E-state index >= 15 is 0 Å². The molecule has 0 atom stereocenters. The summed E-state index contributed by atoms with van der Waals surface area (Å²) in [5.74, 6) is 0. The van der Waals surface area contributed by atoms with E-state index in [1.54, 1.807) is 24.1 Å². The molecule has 124 valence electrons. The molecule has 23 heavy (non-hydrogen) atoms. The van der Waals surface area contributed by atoms with Gasteiger partial charge in [0.1, 0.15) is 5.69 Å². The van der Waals surface area contributed by atoms with Crippen molar-refractivity contribution in [1.82, 2.24) is 19.7 Å². The van der Waals surface area contributed by atoms with Gasteiger partial charge in [0.25, 0.3) is 5.56 Å². The van der Waals surface area contributed by atoms with Crippen LogP contribution in [0.5, 0.6) is 0 Å². The van der Waals surface area contributed by atoms with E-state index in [2.05, 4.69) is 10.4 Å².